The van der Waals surface area contributed by atoms with Crippen LogP contribution < -0.4 is 10.5 Å². The quantitative estimate of drug-likeness (QED) is 0.452. The van der Waals surface area contributed by atoms with Crippen LogP contribution in [0.4, 0.5) is 0 Å². The zero-order valence-corrected chi connectivity index (χ0v) is 14.0. The van der Waals surface area contributed by atoms with Crippen LogP contribution in [0.25, 0.3) is 10.9 Å². The number of hydrogen-bond acceptors (Lipinski definition) is 4. The second-order valence-electron chi connectivity index (χ2n) is 5.32. The second-order valence-corrected chi connectivity index (χ2v) is 5.32. The van der Waals surface area contributed by atoms with Crippen LogP contribution in [0.5, 0.6) is 5.75 Å². The first-order valence-electron chi connectivity index (χ1n) is 13.6. The average molecular weight is 392 g/mol. The molecule has 1 heterocycles. The van der Waals surface area contributed by atoms with Gasteiger partial charge < -0.3 is 20.1 Å². The van der Waals surface area contributed by atoms with E-state index in [1.807, 2.05) is 0 Å². The van der Waals surface area contributed by atoms with Crippen molar-refractivity contribution in [1.82, 2.24) is 4.57 Å². The lowest BCUT2D eigenvalue weighted by atomic mass is 10.0. The van der Waals surface area contributed by atoms with Gasteiger partial charge in [0.15, 0.2) is 6.61 Å². The zero-order valence-electron chi connectivity index (χ0n) is 26.0. The normalized spacial score (nSPS) is 18.4. The molecule has 7 nitrogen and oxygen atoms in total. The molecular weight excluding hydrogens is 360 g/mol. The molecule has 0 saturated heterocycles. The number of nitrogens with zero attached hydrogens (tertiary/aromatic N) is 1. The fourth-order valence-corrected chi connectivity index (χ4v) is 2.56. The average Bonchev–Trinajstić information content (AvgIpc) is 3.21. The van der Waals surface area contributed by atoms with Crippen molar-refractivity contribution in [1.29, 1.82) is 0 Å². The van der Waals surface area contributed by atoms with Gasteiger partial charge in [0, 0.05) is 19.0 Å². The van der Waals surface area contributed by atoms with Crippen LogP contribution in [0.2, 0.25) is 0 Å². The Morgan fingerprint density at radius 2 is 2.04 bits per heavy atom. The Kier molecular flexibility index (Phi) is 2.57. The molecule has 0 aliphatic rings. The molecule has 0 atom stereocenters. The number of aromatic nitrogens is 1. The first kappa shape index (κ1) is 9.05. The van der Waals surface area contributed by atoms with Gasteiger partial charge in [0.2, 0.25) is 0 Å². The number of amides is 1. The number of fused-ring (bicyclic) bond motifs is 1. The van der Waals surface area contributed by atoms with Crippen molar-refractivity contribution in [3.8, 4) is 5.75 Å². The summed E-state index contributed by atoms with van der Waals surface area (Å²) in [5.74, 6) is -5.39. The molecule has 0 fully saturated rings. The van der Waals surface area contributed by atoms with E-state index < -0.39 is 108 Å². The minimum absolute atomic E-state index is 0.284. The van der Waals surface area contributed by atoms with E-state index in [9.17, 15) is 14.4 Å². The van der Waals surface area contributed by atoms with Crippen LogP contribution in [0.1, 0.15) is 44.9 Å². The van der Waals surface area contributed by atoms with E-state index in [4.69, 9.17) is 32.0 Å². The first-order valence-corrected chi connectivity index (χ1v) is 7.64. The summed E-state index contributed by atoms with van der Waals surface area (Å²) < 4.78 is 104. The highest BCUT2D eigenvalue weighted by molar-refractivity contribution is 6.45. The number of carboxylic acid groups (broad SMARTS) is 1. The lowest BCUT2D eigenvalue weighted by Crippen LogP contribution is -2.24. The van der Waals surface area contributed by atoms with Crippen molar-refractivity contribution in [2.45, 2.75) is 19.7 Å². The minimum Gasteiger partial charge on any atom is -0.481 e. The predicted molar refractivity (Wildman–Crippen MR) is 104 cm³/mol. The van der Waals surface area contributed by atoms with Gasteiger partial charge in [-0.3, -0.25) is 9.59 Å². The van der Waals surface area contributed by atoms with Crippen LogP contribution in [0, 0.1) is 0 Å². The number of Topliss-reactive ketones (excluding diaryl/α,β-unsaturated/α-hetero) is 1. The van der Waals surface area contributed by atoms with E-state index in [0.29, 0.717) is 0 Å². The summed E-state index contributed by atoms with van der Waals surface area (Å²) in [6, 6.07) is -1.63. The van der Waals surface area contributed by atoms with Crippen molar-refractivity contribution in [2.24, 2.45) is 5.73 Å². The van der Waals surface area contributed by atoms with Gasteiger partial charge in [0.25, 0.3) is 11.7 Å². The molecule has 3 aromatic rings. The van der Waals surface area contributed by atoms with E-state index in [2.05, 4.69) is 0 Å². The number of aliphatic carboxylic acids is 1. The Morgan fingerprint density at radius 1 is 1.29 bits per heavy atom. The Bertz CT molecular complexity index is 1550. The minimum atomic E-state index is -3.64. The van der Waals surface area contributed by atoms with Gasteiger partial charge in [-0.2, -0.15) is 0 Å². The molecule has 1 amide bonds. The summed E-state index contributed by atoms with van der Waals surface area (Å²) in [6.45, 7) is -8.04. The van der Waals surface area contributed by atoms with Gasteiger partial charge >= 0.3 is 5.97 Å². The number of primary amides is 1. The molecule has 0 radical (unpaired) electrons. The molecule has 0 unspecified atom stereocenters. The third-order valence-electron chi connectivity index (χ3n) is 3.60. The van der Waals surface area contributed by atoms with Gasteiger partial charge in [-0.25, -0.2) is 4.79 Å². The highest BCUT2D eigenvalue weighted by atomic mass is 16.5. The summed E-state index contributed by atoms with van der Waals surface area (Å²) in [6.07, 6.45) is -3.64. The van der Waals surface area contributed by atoms with Crippen molar-refractivity contribution < 1.29 is 40.7 Å². The van der Waals surface area contributed by atoms with Crippen molar-refractivity contribution in [3.05, 3.63) is 65.2 Å². The highest BCUT2D eigenvalue weighted by Gasteiger charge is 2.27. The Balaban J connectivity index is 2.71. The number of ether oxygens (including phenoxy) is 1. The molecule has 7 heteroatoms. The van der Waals surface area contributed by atoms with Crippen LogP contribution in [0.15, 0.2) is 48.4 Å². The number of carbonyl (C=O) groups is 3. The molecule has 28 heavy (non-hydrogen) atoms. The largest absolute Gasteiger partial charge is 0.481 e. The molecule has 0 spiro atoms. The van der Waals surface area contributed by atoms with Crippen LogP contribution in [-0.4, -0.2) is 33.9 Å². The summed E-state index contributed by atoms with van der Waals surface area (Å²) in [5, 5.41) is 8.47. The lowest BCUT2D eigenvalue weighted by molar-refractivity contribution is -0.139. The standard InChI is InChI=1S/C21H20N2O5/c1-2-14-19(20(26)21(22)27)18-15(9-6-10-16(18)28-12-17(24)25)23(14)11-13-7-4-3-5-8-13/h3-10H,2,11-12H2,1H3,(H2,22,27)(H,24,25)/i1D3,2D2,3D,4D,5D,7D,8D,11D2. The molecule has 0 aliphatic carbocycles. The fourth-order valence-electron chi connectivity index (χ4n) is 2.56. The molecule has 0 aliphatic heterocycles. The van der Waals surface area contributed by atoms with Crippen molar-refractivity contribution in [2.75, 3.05) is 6.61 Å². The molecule has 2 aromatic carbocycles. The summed E-state index contributed by atoms with van der Waals surface area (Å²) in [7, 11) is 0. The molecular formula is C21H20N2O5. The monoisotopic (exact) mass is 392 g/mol. The lowest BCUT2D eigenvalue weighted by Gasteiger charge is -2.11. The smallest absolute Gasteiger partial charge is 0.341 e. The molecule has 0 saturated carbocycles. The molecule has 3 N–H and O–H groups in total. The van der Waals surface area contributed by atoms with Gasteiger partial charge in [-0.05, 0) is 24.1 Å². The number of nitrogens with two attached hydrogens (primary N) is 1. The molecule has 144 valence electrons. The maximum atomic E-state index is 13.1. The Morgan fingerprint density at radius 3 is 2.68 bits per heavy atom. The number of benzene rings is 2. The maximum absolute atomic E-state index is 13.1. The number of carbonyl (C=O) groups excluding carboxylic acids is 2. The first-order chi connectivity index (χ1) is 18.2. The van der Waals surface area contributed by atoms with Gasteiger partial charge in [-0.15, -0.1) is 0 Å². The van der Waals surface area contributed by atoms with E-state index in [0.717, 1.165) is 18.2 Å². The fraction of sp³-hybridized carbons (Fsp3) is 0.190. The van der Waals surface area contributed by atoms with Crippen LogP contribution >= 0.6 is 0 Å². The zero-order chi connectivity index (χ0) is 30.7. The second kappa shape index (κ2) is 7.96. The van der Waals surface area contributed by atoms with Gasteiger partial charge in [0.05, 0.1) is 26.1 Å². The molecule has 3 rings (SSSR count). The SMILES string of the molecule is [2H]c1c([2H])c([2H])c(C([2H])([2H])n2c(C([2H])([2H])C([2H])([2H])[2H])c(C(=O)C(N)=O)c3c(OCC(=O)O)cccc32)c([2H])c1[2H]. The summed E-state index contributed by atoms with van der Waals surface area (Å²) in [4.78, 5) is 36.3. The van der Waals surface area contributed by atoms with Crippen molar-refractivity contribution in [3.63, 3.8) is 0 Å². The summed E-state index contributed by atoms with van der Waals surface area (Å²) >= 11 is 0. The number of ketones is 1. The predicted octanol–water partition coefficient (Wildman–Crippen LogP) is 2.38. The van der Waals surface area contributed by atoms with E-state index in [1.54, 1.807) is 0 Å². The van der Waals surface area contributed by atoms with E-state index in [-0.39, 0.29) is 4.57 Å². The maximum Gasteiger partial charge on any atom is 0.341 e. The third-order valence-corrected chi connectivity index (χ3v) is 3.60. The van der Waals surface area contributed by atoms with Gasteiger partial charge in [-0.1, -0.05) is 43.1 Å². The third kappa shape index (κ3) is 3.59. The number of hydrogen-bond donors (Lipinski definition) is 2. The summed E-state index contributed by atoms with van der Waals surface area (Å²) in [5.41, 5.74) is 1.23. The highest BCUT2D eigenvalue weighted by Crippen LogP contribution is 2.35. The van der Waals surface area contributed by atoms with Crippen molar-refractivity contribution >= 4 is 28.6 Å². The van der Waals surface area contributed by atoms with Crippen LogP contribution in [-0.2, 0) is 22.5 Å². The Hall–Kier alpha value is -3.61. The topological polar surface area (TPSA) is 112 Å². The molecule has 1 aromatic heterocycles. The number of carboxylic acids is 1. The van der Waals surface area contributed by atoms with Crippen LogP contribution in [0.3, 0.4) is 0 Å². The number of rotatable bonds is 8. The van der Waals surface area contributed by atoms with E-state index >= 15 is 0 Å². The van der Waals surface area contributed by atoms with E-state index in [1.165, 1.54) is 0 Å². The molecule has 0 bridgehead atoms. The van der Waals surface area contributed by atoms with Gasteiger partial charge in [0.1, 0.15) is 5.75 Å². The Labute approximate surface area is 178 Å².